The summed E-state index contributed by atoms with van der Waals surface area (Å²) in [7, 11) is 0. The highest BCUT2D eigenvalue weighted by atomic mass is 32.2. The Labute approximate surface area is 97.1 Å². The van der Waals surface area contributed by atoms with Gasteiger partial charge in [0.05, 0.1) is 6.61 Å². The quantitative estimate of drug-likeness (QED) is 0.473. The SMILES string of the molecule is N/C(=N/c1ccccn1)SC1CCOC1=O. The molecule has 0 aromatic carbocycles. The Hall–Kier alpha value is -1.56. The topological polar surface area (TPSA) is 77.6 Å². The number of ether oxygens (including phenoxy) is 1. The first-order valence-electron chi connectivity index (χ1n) is 4.84. The molecule has 1 aromatic rings. The second kappa shape index (κ2) is 4.98. The molecule has 84 valence electrons. The number of hydrogen-bond donors (Lipinski definition) is 1. The Balaban J connectivity index is 2.00. The van der Waals surface area contributed by atoms with E-state index in [4.69, 9.17) is 10.5 Å². The molecule has 1 unspecified atom stereocenters. The molecule has 5 nitrogen and oxygen atoms in total. The van der Waals surface area contributed by atoms with Gasteiger partial charge in [0.2, 0.25) is 0 Å². The standard InChI is InChI=1S/C10H11N3O2S/c11-10(13-8-3-1-2-5-12-8)16-7-4-6-15-9(7)14/h1-3,5,7H,4,6H2,(H2,11,12,13). The van der Waals surface area contributed by atoms with Crippen molar-refractivity contribution in [3.05, 3.63) is 24.4 Å². The molecule has 1 atom stereocenters. The molecule has 1 aliphatic heterocycles. The van der Waals surface area contributed by atoms with Gasteiger partial charge in [0, 0.05) is 12.6 Å². The third-order valence-electron chi connectivity index (χ3n) is 2.02. The van der Waals surface area contributed by atoms with Crippen LogP contribution in [0.15, 0.2) is 29.4 Å². The van der Waals surface area contributed by atoms with Gasteiger partial charge in [-0.15, -0.1) is 0 Å². The summed E-state index contributed by atoms with van der Waals surface area (Å²) in [6.07, 6.45) is 2.32. The van der Waals surface area contributed by atoms with Gasteiger partial charge in [-0.25, -0.2) is 9.98 Å². The smallest absolute Gasteiger partial charge is 0.319 e. The summed E-state index contributed by atoms with van der Waals surface area (Å²) in [6, 6.07) is 5.38. The molecule has 1 fully saturated rings. The van der Waals surface area contributed by atoms with Crippen molar-refractivity contribution in [1.82, 2.24) is 4.98 Å². The monoisotopic (exact) mass is 237 g/mol. The molecule has 6 heteroatoms. The Kier molecular flexibility index (Phi) is 3.40. The van der Waals surface area contributed by atoms with Crippen molar-refractivity contribution in [2.24, 2.45) is 10.7 Å². The molecule has 2 rings (SSSR count). The van der Waals surface area contributed by atoms with E-state index < -0.39 is 0 Å². The van der Waals surface area contributed by atoms with E-state index in [1.807, 2.05) is 6.07 Å². The number of hydrogen-bond acceptors (Lipinski definition) is 5. The van der Waals surface area contributed by atoms with E-state index in [0.717, 1.165) is 0 Å². The summed E-state index contributed by atoms with van der Waals surface area (Å²) in [5.41, 5.74) is 5.71. The molecule has 0 radical (unpaired) electrons. The first-order valence-corrected chi connectivity index (χ1v) is 5.72. The highest BCUT2D eigenvalue weighted by Gasteiger charge is 2.28. The van der Waals surface area contributed by atoms with Crippen molar-refractivity contribution in [2.45, 2.75) is 11.7 Å². The van der Waals surface area contributed by atoms with Gasteiger partial charge in [-0.3, -0.25) is 4.79 Å². The number of aliphatic imine (C=N–C) groups is 1. The lowest BCUT2D eigenvalue weighted by Crippen LogP contribution is -2.17. The van der Waals surface area contributed by atoms with Crippen LogP contribution in [0.1, 0.15) is 6.42 Å². The molecule has 1 saturated heterocycles. The van der Waals surface area contributed by atoms with Crippen LogP contribution in [0.5, 0.6) is 0 Å². The van der Waals surface area contributed by atoms with Crippen molar-refractivity contribution in [3.8, 4) is 0 Å². The van der Waals surface area contributed by atoms with Crippen LogP contribution in [0.25, 0.3) is 0 Å². The van der Waals surface area contributed by atoms with Crippen LogP contribution >= 0.6 is 11.8 Å². The molecule has 2 heterocycles. The van der Waals surface area contributed by atoms with Crippen LogP contribution < -0.4 is 5.73 Å². The largest absolute Gasteiger partial charge is 0.465 e. The van der Waals surface area contributed by atoms with E-state index in [1.165, 1.54) is 11.8 Å². The fraction of sp³-hybridized carbons (Fsp3) is 0.300. The average molecular weight is 237 g/mol. The van der Waals surface area contributed by atoms with Crippen LogP contribution in [0.3, 0.4) is 0 Å². The first kappa shape index (κ1) is 10.9. The van der Waals surface area contributed by atoms with Crippen LogP contribution in [0.2, 0.25) is 0 Å². The molecule has 0 aliphatic carbocycles. The molecule has 0 spiro atoms. The van der Waals surface area contributed by atoms with E-state index in [0.29, 0.717) is 24.0 Å². The number of pyridine rings is 1. The zero-order valence-electron chi connectivity index (χ0n) is 8.50. The van der Waals surface area contributed by atoms with Crippen molar-refractivity contribution < 1.29 is 9.53 Å². The number of nitrogens with zero attached hydrogens (tertiary/aromatic N) is 2. The van der Waals surface area contributed by atoms with Crippen molar-refractivity contribution in [3.63, 3.8) is 0 Å². The summed E-state index contributed by atoms with van der Waals surface area (Å²) in [5.74, 6) is 0.322. The number of esters is 1. The normalized spacial score (nSPS) is 20.9. The highest BCUT2D eigenvalue weighted by Crippen LogP contribution is 2.22. The molecule has 16 heavy (non-hydrogen) atoms. The van der Waals surface area contributed by atoms with Crippen molar-refractivity contribution >= 4 is 28.7 Å². The maximum atomic E-state index is 11.2. The van der Waals surface area contributed by atoms with E-state index in [9.17, 15) is 4.79 Å². The van der Waals surface area contributed by atoms with Crippen LogP contribution in [-0.4, -0.2) is 28.0 Å². The fourth-order valence-corrected chi connectivity index (χ4v) is 2.11. The number of aromatic nitrogens is 1. The lowest BCUT2D eigenvalue weighted by atomic mass is 10.4. The number of rotatable bonds is 2. The van der Waals surface area contributed by atoms with Crippen LogP contribution in [0.4, 0.5) is 5.82 Å². The van der Waals surface area contributed by atoms with E-state index >= 15 is 0 Å². The number of nitrogens with two attached hydrogens (primary N) is 1. The molecule has 0 saturated carbocycles. The lowest BCUT2D eigenvalue weighted by molar-refractivity contribution is -0.137. The van der Waals surface area contributed by atoms with Gasteiger partial charge in [-0.05, 0) is 12.1 Å². The molecular weight excluding hydrogens is 226 g/mol. The van der Waals surface area contributed by atoms with Crippen LogP contribution in [0, 0.1) is 0 Å². The molecule has 0 bridgehead atoms. The summed E-state index contributed by atoms with van der Waals surface area (Å²) < 4.78 is 4.83. The second-order valence-electron chi connectivity index (χ2n) is 3.20. The predicted molar refractivity (Wildman–Crippen MR) is 62.5 cm³/mol. The Morgan fingerprint density at radius 2 is 2.50 bits per heavy atom. The van der Waals surface area contributed by atoms with E-state index in [-0.39, 0.29) is 11.2 Å². The Bertz CT molecular complexity index is 408. The van der Waals surface area contributed by atoms with Crippen molar-refractivity contribution in [2.75, 3.05) is 6.61 Å². The maximum Gasteiger partial charge on any atom is 0.319 e. The summed E-state index contributed by atoms with van der Waals surface area (Å²) >= 11 is 1.22. The molecule has 1 aliphatic rings. The van der Waals surface area contributed by atoms with Crippen molar-refractivity contribution in [1.29, 1.82) is 0 Å². The first-order chi connectivity index (χ1) is 7.75. The van der Waals surface area contributed by atoms with Gasteiger partial charge in [0.1, 0.15) is 5.25 Å². The minimum absolute atomic E-state index is 0.218. The second-order valence-corrected chi connectivity index (χ2v) is 4.42. The van der Waals surface area contributed by atoms with Gasteiger partial charge in [0.25, 0.3) is 0 Å². The van der Waals surface area contributed by atoms with Gasteiger partial charge in [0.15, 0.2) is 11.0 Å². The van der Waals surface area contributed by atoms with E-state index in [1.54, 1.807) is 18.3 Å². The summed E-state index contributed by atoms with van der Waals surface area (Å²) in [5, 5.41) is 0.106. The predicted octanol–water partition coefficient (Wildman–Crippen LogP) is 1.08. The van der Waals surface area contributed by atoms with Gasteiger partial charge >= 0.3 is 5.97 Å². The number of amidine groups is 1. The number of cyclic esters (lactones) is 1. The summed E-state index contributed by atoms with van der Waals surface area (Å²) in [6.45, 7) is 0.466. The van der Waals surface area contributed by atoms with Crippen LogP contribution in [-0.2, 0) is 9.53 Å². The Morgan fingerprint density at radius 1 is 1.62 bits per heavy atom. The zero-order chi connectivity index (χ0) is 11.4. The molecule has 1 aromatic heterocycles. The summed E-state index contributed by atoms with van der Waals surface area (Å²) in [4.78, 5) is 19.3. The third kappa shape index (κ3) is 2.73. The molecule has 2 N–H and O–H groups in total. The lowest BCUT2D eigenvalue weighted by Gasteiger charge is -2.03. The zero-order valence-corrected chi connectivity index (χ0v) is 9.31. The maximum absolute atomic E-state index is 11.2. The number of carbonyl (C=O) groups excluding carboxylic acids is 1. The third-order valence-corrected chi connectivity index (χ3v) is 3.07. The minimum atomic E-state index is -0.229. The van der Waals surface area contributed by atoms with Gasteiger partial charge in [-0.1, -0.05) is 17.8 Å². The number of thioether (sulfide) groups is 1. The van der Waals surface area contributed by atoms with E-state index in [2.05, 4.69) is 9.98 Å². The highest BCUT2D eigenvalue weighted by molar-refractivity contribution is 8.14. The van der Waals surface area contributed by atoms with Gasteiger partial charge in [-0.2, -0.15) is 0 Å². The molecular formula is C10H11N3O2S. The average Bonchev–Trinajstić information content (AvgIpc) is 2.66. The Morgan fingerprint density at radius 3 is 3.12 bits per heavy atom. The minimum Gasteiger partial charge on any atom is -0.465 e. The van der Waals surface area contributed by atoms with Gasteiger partial charge < -0.3 is 10.5 Å². The molecule has 0 amide bonds. The fourth-order valence-electron chi connectivity index (χ4n) is 1.29. The number of carbonyl (C=O) groups is 1.